The number of aliphatic hydroxyl groups is 1. The van der Waals surface area contributed by atoms with Crippen molar-refractivity contribution in [1.29, 1.82) is 0 Å². The van der Waals surface area contributed by atoms with Gasteiger partial charge < -0.3 is 15.3 Å². The number of carbonyl (C=O) groups is 1. The van der Waals surface area contributed by atoms with Crippen molar-refractivity contribution in [3.8, 4) is 0 Å². The molecule has 3 N–H and O–H groups in total. The molecule has 1 aromatic rings. The third-order valence-electron chi connectivity index (χ3n) is 6.66. The highest BCUT2D eigenvalue weighted by atomic mass is 32.2. The maximum atomic E-state index is 13.6. The van der Waals surface area contributed by atoms with Crippen molar-refractivity contribution >= 4 is 43.2 Å². The molecule has 0 radical (unpaired) electrons. The van der Waals surface area contributed by atoms with E-state index in [1.807, 2.05) is 0 Å². The Kier molecular flexibility index (Phi) is 6.89. The van der Waals surface area contributed by atoms with Crippen LogP contribution < -0.4 is 10.0 Å². The van der Waals surface area contributed by atoms with Crippen molar-refractivity contribution in [3.05, 3.63) is 29.5 Å². The summed E-state index contributed by atoms with van der Waals surface area (Å²) in [6.45, 7) is 4.59. The zero-order chi connectivity index (χ0) is 25.5. The second-order valence-electron chi connectivity index (χ2n) is 9.95. The Labute approximate surface area is 206 Å². The molecule has 192 valence electrons. The van der Waals surface area contributed by atoms with Gasteiger partial charge in [0.2, 0.25) is 10.0 Å². The van der Waals surface area contributed by atoms with Crippen molar-refractivity contribution in [2.45, 2.75) is 63.3 Å². The van der Waals surface area contributed by atoms with Gasteiger partial charge in [-0.1, -0.05) is 33.1 Å². The van der Waals surface area contributed by atoms with Crippen LogP contribution in [0.15, 0.2) is 38.8 Å². The molecule has 12 heteroatoms. The number of nitrogens with zero attached hydrogens (tertiary/aromatic N) is 2. The third kappa shape index (κ3) is 5.48. The maximum Gasteiger partial charge on any atom is 0.286 e. The van der Waals surface area contributed by atoms with Crippen LogP contribution in [-0.4, -0.2) is 57.4 Å². The molecule has 1 fully saturated rings. The molecular weight excluding hydrogens is 492 g/mol. The van der Waals surface area contributed by atoms with Crippen LogP contribution in [0.5, 0.6) is 0 Å². The normalized spacial score (nSPS) is 22.7. The van der Waals surface area contributed by atoms with Gasteiger partial charge in [-0.15, -0.1) is 4.40 Å². The predicted molar refractivity (Wildman–Crippen MR) is 134 cm³/mol. The molecule has 35 heavy (non-hydrogen) atoms. The number of rotatable bonds is 7. The summed E-state index contributed by atoms with van der Waals surface area (Å²) in [5.41, 5.74) is 0.121. The number of hydrogen-bond donors (Lipinski definition) is 3. The van der Waals surface area contributed by atoms with Crippen LogP contribution in [0.2, 0.25) is 0 Å². The van der Waals surface area contributed by atoms with Crippen LogP contribution in [0.25, 0.3) is 0 Å². The molecule has 3 aliphatic rings. The van der Waals surface area contributed by atoms with Crippen LogP contribution in [-0.2, 0) is 24.8 Å². The molecule has 10 nitrogen and oxygen atoms in total. The highest BCUT2D eigenvalue weighted by Gasteiger charge is 2.41. The Morgan fingerprint density at radius 2 is 1.94 bits per heavy atom. The smallest absolute Gasteiger partial charge is 0.286 e. The maximum absolute atomic E-state index is 13.6. The topological polar surface area (TPSA) is 145 Å². The molecule has 1 atom stereocenters. The third-order valence-corrected chi connectivity index (χ3v) is 8.58. The summed E-state index contributed by atoms with van der Waals surface area (Å²) in [5, 5.41) is 14.1. The fourth-order valence-electron chi connectivity index (χ4n) is 4.92. The second kappa shape index (κ2) is 9.45. The Hall–Kier alpha value is -2.60. The first-order valence-corrected chi connectivity index (χ1v) is 15.2. The lowest BCUT2D eigenvalue weighted by molar-refractivity contribution is -0.131. The first-order valence-electron chi connectivity index (χ1n) is 11.8. The number of benzene rings is 1. The van der Waals surface area contributed by atoms with Gasteiger partial charge in [0, 0.05) is 24.2 Å². The van der Waals surface area contributed by atoms with E-state index in [1.165, 1.54) is 18.2 Å². The number of nitrogens with one attached hydrogen (secondary N) is 2. The first kappa shape index (κ1) is 25.5. The molecule has 2 heterocycles. The molecular formula is C23H32N4O6S2. The van der Waals surface area contributed by atoms with Gasteiger partial charge >= 0.3 is 0 Å². The van der Waals surface area contributed by atoms with Gasteiger partial charge in [-0.3, -0.25) is 9.52 Å². The van der Waals surface area contributed by atoms with Crippen LogP contribution >= 0.6 is 0 Å². The summed E-state index contributed by atoms with van der Waals surface area (Å²) in [7, 11) is -7.88. The van der Waals surface area contributed by atoms with Crippen LogP contribution in [0.4, 0.5) is 11.4 Å². The lowest BCUT2D eigenvalue weighted by Crippen LogP contribution is -2.49. The van der Waals surface area contributed by atoms with Gasteiger partial charge in [0.05, 0.1) is 11.9 Å². The largest absolute Gasteiger partial charge is 0.511 e. The van der Waals surface area contributed by atoms with E-state index in [4.69, 9.17) is 0 Å². The average Bonchev–Trinajstić information content (AvgIpc) is 3.27. The number of hydrogen-bond acceptors (Lipinski definition) is 7. The standard InChI is InChI=1S/C23H32N4O6S2/c1-14(2)8-9-15-13-27(17-6-4-5-7-17)23(29)20(21(15)28)22-24-18-11-10-16(25-34(3,30)31)12-19(18)35(32,33)26-22/h10-12,14-15,17,25,28H,4-9,13H2,1-3H3,(H,24,26)/t15-/m1/s1. The molecule has 2 aliphatic heterocycles. The Morgan fingerprint density at radius 1 is 1.26 bits per heavy atom. The number of amidine groups is 1. The van der Waals surface area contributed by atoms with Gasteiger partial charge in [-0.2, -0.15) is 8.42 Å². The van der Waals surface area contributed by atoms with Crippen LogP contribution in [0.3, 0.4) is 0 Å². The highest BCUT2D eigenvalue weighted by Crippen LogP contribution is 2.37. The van der Waals surface area contributed by atoms with E-state index in [0.717, 1.165) is 38.4 Å². The van der Waals surface area contributed by atoms with E-state index in [0.29, 0.717) is 18.9 Å². The van der Waals surface area contributed by atoms with Gasteiger partial charge in [0.1, 0.15) is 16.2 Å². The van der Waals surface area contributed by atoms with E-state index in [-0.39, 0.29) is 45.4 Å². The summed E-state index contributed by atoms with van der Waals surface area (Å²) in [5.74, 6) is -0.654. The van der Waals surface area contributed by atoms with Crippen molar-refractivity contribution in [2.75, 3.05) is 22.8 Å². The summed E-state index contributed by atoms with van der Waals surface area (Å²) in [4.78, 5) is 15.1. The molecule has 1 aliphatic carbocycles. The van der Waals surface area contributed by atoms with E-state index >= 15 is 0 Å². The fourth-order valence-corrected chi connectivity index (χ4v) is 6.63. The number of amides is 1. The minimum Gasteiger partial charge on any atom is -0.511 e. The number of sulfonamides is 2. The summed E-state index contributed by atoms with van der Waals surface area (Å²) in [6.07, 6.45) is 6.31. The van der Waals surface area contributed by atoms with Crippen molar-refractivity contribution < 1.29 is 26.7 Å². The molecule has 4 rings (SSSR count). The van der Waals surface area contributed by atoms with E-state index in [9.17, 15) is 26.7 Å². The van der Waals surface area contributed by atoms with Crippen LogP contribution in [0, 0.1) is 11.8 Å². The van der Waals surface area contributed by atoms with E-state index < -0.39 is 26.0 Å². The van der Waals surface area contributed by atoms with Crippen molar-refractivity contribution in [3.63, 3.8) is 0 Å². The Bertz CT molecular complexity index is 1300. The zero-order valence-electron chi connectivity index (χ0n) is 20.1. The monoisotopic (exact) mass is 524 g/mol. The predicted octanol–water partition coefficient (Wildman–Crippen LogP) is 3.22. The van der Waals surface area contributed by atoms with Crippen molar-refractivity contribution in [2.24, 2.45) is 16.2 Å². The molecule has 0 bridgehead atoms. The quantitative estimate of drug-likeness (QED) is 0.496. The second-order valence-corrected chi connectivity index (χ2v) is 13.3. The number of anilines is 2. The molecule has 1 aromatic carbocycles. The van der Waals surface area contributed by atoms with E-state index in [2.05, 4.69) is 28.3 Å². The molecule has 0 saturated heterocycles. The lowest BCUT2D eigenvalue weighted by atomic mass is 9.88. The van der Waals surface area contributed by atoms with Gasteiger partial charge in [-0.25, -0.2) is 8.42 Å². The van der Waals surface area contributed by atoms with Crippen LogP contribution in [0.1, 0.15) is 52.4 Å². The molecule has 1 amide bonds. The van der Waals surface area contributed by atoms with Gasteiger partial charge in [0.15, 0.2) is 5.84 Å². The number of fused-ring (bicyclic) bond motifs is 1. The molecule has 0 aromatic heterocycles. The minimum atomic E-state index is -4.27. The zero-order valence-corrected chi connectivity index (χ0v) is 21.7. The average molecular weight is 525 g/mol. The molecule has 1 saturated carbocycles. The first-order chi connectivity index (χ1) is 16.4. The summed E-state index contributed by atoms with van der Waals surface area (Å²) < 4.78 is 55.3. The molecule has 0 unspecified atom stereocenters. The lowest BCUT2D eigenvalue weighted by Gasteiger charge is -2.38. The number of aliphatic hydroxyl groups excluding tert-OH is 1. The fraction of sp³-hybridized carbons (Fsp3) is 0.565. The number of carbonyl (C=O) groups excluding carboxylic acids is 1. The SMILES string of the molecule is CC(C)CC[C@@H]1CN(C2CCCC2)C(=O)C(C2=NS(=O)(=O)c3cc(NS(C)(=O)=O)ccc3N2)=C1O. The summed E-state index contributed by atoms with van der Waals surface area (Å²) in [6, 6.07) is 4.06. The van der Waals surface area contributed by atoms with Gasteiger partial charge in [-0.05, 0) is 43.4 Å². The summed E-state index contributed by atoms with van der Waals surface area (Å²) >= 11 is 0. The van der Waals surface area contributed by atoms with Crippen molar-refractivity contribution in [1.82, 2.24) is 4.90 Å². The van der Waals surface area contributed by atoms with Gasteiger partial charge in [0.25, 0.3) is 15.9 Å². The Balaban J connectivity index is 1.74. The Morgan fingerprint density at radius 3 is 2.57 bits per heavy atom. The minimum absolute atomic E-state index is 0.0601. The van der Waals surface area contributed by atoms with E-state index in [1.54, 1.807) is 4.90 Å². The highest BCUT2D eigenvalue weighted by molar-refractivity contribution is 7.92. The molecule has 0 spiro atoms.